The second-order valence-electron chi connectivity index (χ2n) is 6.38. The Morgan fingerprint density at radius 1 is 1.19 bits per heavy atom. The smallest absolute Gasteiger partial charge is 0.220 e. The molecule has 0 aliphatic heterocycles. The molecule has 0 aliphatic carbocycles. The third-order valence-corrected chi connectivity index (χ3v) is 5.70. The fourth-order valence-electron chi connectivity index (χ4n) is 2.99. The highest BCUT2D eigenvalue weighted by Gasteiger charge is 2.12. The summed E-state index contributed by atoms with van der Waals surface area (Å²) in [5.41, 5.74) is 1.99. The topological polar surface area (TPSA) is 75.4 Å². The number of rotatable bonds is 9. The fourth-order valence-corrected chi connectivity index (χ4v) is 3.90. The third kappa shape index (κ3) is 4.63. The summed E-state index contributed by atoms with van der Waals surface area (Å²) in [5, 5.41) is 18.1. The van der Waals surface area contributed by atoms with Gasteiger partial charge in [-0.25, -0.2) is 0 Å². The number of anilines is 1. The molecule has 0 aliphatic rings. The number of nitrogens with one attached hydrogen (secondary N) is 1. The molecule has 1 N–H and O–H groups in total. The van der Waals surface area contributed by atoms with Gasteiger partial charge in [0.2, 0.25) is 5.91 Å². The maximum Gasteiger partial charge on any atom is 0.220 e. The Morgan fingerprint density at radius 3 is 2.70 bits per heavy atom. The lowest BCUT2D eigenvalue weighted by Crippen LogP contribution is -2.26. The van der Waals surface area contributed by atoms with Crippen LogP contribution in [-0.2, 0) is 17.6 Å². The van der Waals surface area contributed by atoms with E-state index >= 15 is 0 Å². The monoisotopic (exact) mass is 386 g/mol. The SMILES string of the molecule is CCN(CC)c1ccc2nnc(CCC(=O)NCCc3sccc3C)n2n1. The summed E-state index contributed by atoms with van der Waals surface area (Å²) in [6.07, 6.45) is 1.76. The van der Waals surface area contributed by atoms with Crippen LogP contribution in [0.5, 0.6) is 0 Å². The zero-order valence-electron chi connectivity index (χ0n) is 16.1. The van der Waals surface area contributed by atoms with Crippen LogP contribution in [0, 0.1) is 6.92 Å². The van der Waals surface area contributed by atoms with Gasteiger partial charge in [-0.2, -0.15) is 4.52 Å². The lowest BCUT2D eigenvalue weighted by atomic mass is 10.2. The van der Waals surface area contributed by atoms with Gasteiger partial charge in [-0.05, 0) is 56.3 Å². The lowest BCUT2D eigenvalue weighted by molar-refractivity contribution is -0.121. The van der Waals surface area contributed by atoms with Crippen molar-refractivity contribution in [3.8, 4) is 0 Å². The minimum Gasteiger partial charge on any atom is -0.356 e. The van der Waals surface area contributed by atoms with Gasteiger partial charge in [-0.15, -0.1) is 26.6 Å². The van der Waals surface area contributed by atoms with E-state index in [1.54, 1.807) is 15.9 Å². The van der Waals surface area contributed by atoms with Crippen molar-refractivity contribution in [2.75, 3.05) is 24.5 Å². The van der Waals surface area contributed by atoms with Crippen LogP contribution >= 0.6 is 11.3 Å². The molecule has 8 heteroatoms. The van der Waals surface area contributed by atoms with Crippen molar-refractivity contribution >= 4 is 28.7 Å². The molecule has 3 aromatic heterocycles. The molecule has 1 amide bonds. The molecule has 7 nitrogen and oxygen atoms in total. The van der Waals surface area contributed by atoms with Crippen LogP contribution < -0.4 is 10.2 Å². The van der Waals surface area contributed by atoms with Gasteiger partial charge < -0.3 is 10.2 Å². The predicted octanol–water partition coefficient (Wildman–Crippen LogP) is 2.63. The van der Waals surface area contributed by atoms with E-state index in [0.29, 0.717) is 30.9 Å². The van der Waals surface area contributed by atoms with Crippen molar-refractivity contribution in [1.82, 2.24) is 25.1 Å². The van der Waals surface area contributed by atoms with Crippen molar-refractivity contribution in [1.29, 1.82) is 0 Å². The summed E-state index contributed by atoms with van der Waals surface area (Å²) in [6, 6.07) is 5.98. The number of hydrogen-bond acceptors (Lipinski definition) is 6. The standard InChI is InChI=1S/C19H26N6OS/c1-4-24(5-2)18-7-6-16-21-22-17(25(16)23-18)8-9-19(26)20-12-10-15-14(3)11-13-27-15/h6-7,11,13H,4-5,8-10,12H2,1-3H3,(H,20,26). The molecule has 0 aromatic carbocycles. The largest absolute Gasteiger partial charge is 0.356 e. The molecule has 0 radical (unpaired) electrons. The fraction of sp³-hybridized carbons (Fsp3) is 0.474. The van der Waals surface area contributed by atoms with Crippen LogP contribution in [0.1, 0.15) is 36.5 Å². The van der Waals surface area contributed by atoms with Gasteiger partial charge in [0, 0.05) is 37.4 Å². The number of amides is 1. The molecule has 0 saturated heterocycles. The molecule has 0 unspecified atom stereocenters. The highest BCUT2D eigenvalue weighted by molar-refractivity contribution is 7.10. The van der Waals surface area contributed by atoms with Crippen molar-refractivity contribution in [2.24, 2.45) is 0 Å². The first-order valence-corrected chi connectivity index (χ1v) is 10.3. The second kappa shape index (κ2) is 8.94. The first-order chi connectivity index (χ1) is 13.1. The van der Waals surface area contributed by atoms with Crippen LogP contribution in [0.4, 0.5) is 5.82 Å². The number of aromatic nitrogens is 4. The minimum absolute atomic E-state index is 0.0286. The van der Waals surface area contributed by atoms with Gasteiger partial charge in [0.1, 0.15) is 5.82 Å². The Bertz CT molecular complexity index is 899. The van der Waals surface area contributed by atoms with E-state index in [2.05, 4.69) is 57.7 Å². The minimum atomic E-state index is 0.0286. The Morgan fingerprint density at radius 2 is 2.00 bits per heavy atom. The summed E-state index contributed by atoms with van der Waals surface area (Å²) >= 11 is 1.74. The third-order valence-electron chi connectivity index (χ3n) is 4.62. The molecule has 0 fully saturated rings. The van der Waals surface area contributed by atoms with E-state index in [4.69, 9.17) is 0 Å². The summed E-state index contributed by atoms with van der Waals surface area (Å²) in [5.74, 6) is 1.63. The molecule has 27 heavy (non-hydrogen) atoms. The van der Waals surface area contributed by atoms with E-state index in [0.717, 1.165) is 25.3 Å². The number of thiophene rings is 1. The number of nitrogens with zero attached hydrogens (tertiary/aromatic N) is 5. The number of fused-ring (bicyclic) bond motifs is 1. The maximum atomic E-state index is 12.2. The van der Waals surface area contributed by atoms with Gasteiger partial charge in [-0.1, -0.05) is 0 Å². The van der Waals surface area contributed by atoms with Gasteiger partial charge in [0.05, 0.1) is 0 Å². The van der Waals surface area contributed by atoms with E-state index in [1.807, 2.05) is 12.1 Å². The van der Waals surface area contributed by atoms with E-state index in [-0.39, 0.29) is 5.91 Å². The Labute approximate surface area is 163 Å². The highest BCUT2D eigenvalue weighted by Crippen LogP contribution is 2.15. The van der Waals surface area contributed by atoms with Crippen LogP contribution in [0.15, 0.2) is 23.6 Å². The lowest BCUT2D eigenvalue weighted by Gasteiger charge is -2.19. The first-order valence-electron chi connectivity index (χ1n) is 9.38. The van der Waals surface area contributed by atoms with Gasteiger partial charge in [0.15, 0.2) is 11.5 Å². The van der Waals surface area contributed by atoms with Crippen molar-refractivity contribution in [2.45, 2.75) is 40.0 Å². The highest BCUT2D eigenvalue weighted by atomic mass is 32.1. The van der Waals surface area contributed by atoms with Crippen LogP contribution in [0.2, 0.25) is 0 Å². The summed E-state index contributed by atoms with van der Waals surface area (Å²) in [4.78, 5) is 15.7. The number of carbonyl (C=O) groups is 1. The van der Waals surface area contributed by atoms with Crippen LogP contribution in [0.3, 0.4) is 0 Å². The van der Waals surface area contributed by atoms with Gasteiger partial charge >= 0.3 is 0 Å². The Balaban J connectivity index is 1.57. The number of hydrogen-bond donors (Lipinski definition) is 1. The Hall–Kier alpha value is -2.48. The molecular weight excluding hydrogens is 360 g/mol. The zero-order chi connectivity index (χ0) is 19.2. The van der Waals surface area contributed by atoms with Crippen LogP contribution in [-0.4, -0.2) is 45.4 Å². The molecular formula is C19H26N6OS. The van der Waals surface area contributed by atoms with Gasteiger partial charge in [0.25, 0.3) is 0 Å². The average Bonchev–Trinajstić information content (AvgIpc) is 3.27. The number of carbonyl (C=O) groups excluding carboxylic acids is 1. The molecule has 3 heterocycles. The zero-order valence-corrected chi connectivity index (χ0v) is 16.9. The summed E-state index contributed by atoms with van der Waals surface area (Å²) in [7, 11) is 0. The maximum absolute atomic E-state index is 12.2. The quantitative estimate of drug-likeness (QED) is 0.612. The normalized spacial score (nSPS) is 11.1. The second-order valence-corrected chi connectivity index (χ2v) is 7.38. The van der Waals surface area contributed by atoms with E-state index in [1.165, 1.54) is 10.4 Å². The first kappa shape index (κ1) is 19.3. The van der Waals surface area contributed by atoms with E-state index < -0.39 is 0 Å². The predicted molar refractivity (Wildman–Crippen MR) is 108 cm³/mol. The van der Waals surface area contributed by atoms with Crippen molar-refractivity contribution < 1.29 is 4.79 Å². The summed E-state index contributed by atoms with van der Waals surface area (Å²) in [6.45, 7) is 8.74. The molecule has 0 spiro atoms. The average molecular weight is 387 g/mol. The summed E-state index contributed by atoms with van der Waals surface area (Å²) < 4.78 is 1.75. The molecule has 144 valence electrons. The molecule has 0 saturated carbocycles. The van der Waals surface area contributed by atoms with Crippen LogP contribution in [0.25, 0.3) is 5.65 Å². The molecule has 0 bridgehead atoms. The van der Waals surface area contributed by atoms with Crippen molar-refractivity contribution in [3.63, 3.8) is 0 Å². The van der Waals surface area contributed by atoms with Crippen molar-refractivity contribution in [3.05, 3.63) is 39.8 Å². The molecule has 3 aromatic rings. The van der Waals surface area contributed by atoms with E-state index in [9.17, 15) is 4.79 Å². The number of aryl methyl sites for hydroxylation is 2. The Kier molecular flexibility index (Phi) is 6.39. The van der Waals surface area contributed by atoms with Gasteiger partial charge in [-0.3, -0.25) is 4.79 Å². The molecule has 0 atom stereocenters. The molecule has 3 rings (SSSR count).